The van der Waals surface area contributed by atoms with Crippen LogP contribution in [0.4, 0.5) is 0 Å². The van der Waals surface area contributed by atoms with Crippen LogP contribution in [-0.4, -0.2) is 31.1 Å². The molecule has 0 atom stereocenters. The molecule has 1 N–H and O–H groups in total. The fraction of sp³-hybridized carbons (Fsp3) is 0.538. The van der Waals surface area contributed by atoms with Gasteiger partial charge in [-0.1, -0.05) is 41.9 Å². The van der Waals surface area contributed by atoms with E-state index in [4.69, 9.17) is 0 Å². The monoisotopic (exact) mass is 284 g/mol. The van der Waals surface area contributed by atoms with E-state index in [1.54, 1.807) is 0 Å². The molecule has 0 spiro atoms. The predicted octanol–water partition coefficient (Wildman–Crippen LogP) is 2.88. The van der Waals surface area contributed by atoms with Crippen molar-refractivity contribution in [3.8, 4) is 0 Å². The minimum Gasteiger partial charge on any atom is -0.311 e. The zero-order valence-corrected chi connectivity index (χ0v) is 11.8. The predicted molar refractivity (Wildman–Crippen MR) is 73.6 cm³/mol. The van der Waals surface area contributed by atoms with Crippen molar-refractivity contribution >= 4 is 15.9 Å². The molecule has 0 aliphatic heterocycles. The minimum atomic E-state index is 0.945. The van der Waals surface area contributed by atoms with Gasteiger partial charge in [0.1, 0.15) is 0 Å². The molecule has 0 fully saturated rings. The third-order valence-electron chi connectivity index (χ3n) is 2.72. The first-order chi connectivity index (χ1) is 7.76. The summed E-state index contributed by atoms with van der Waals surface area (Å²) in [5, 5.41) is 3.47. The summed E-state index contributed by atoms with van der Waals surface area (Å²) in [6.45, 7) is 9.80. The van der Waals surface area contributed by atoms with Crippen LogP contribution in [0.1, 0.15) is 19.4 Å². The van der Waals surface area contributed by atoms with E-state index in [2.05, 4.69) is 64.3 Å². The molecular weight excluding hydrogens is 264 g/mol. The maximum absolute atomic E-state index is 3.48. The van der Waals surface area contributed by atoms with Gasteiger partial charge >= 0.3 is 0 Å². The van der Waals surface area contributed by atoms with Crippen molar-refractivity contribution < 1.29 is 0 Å². The van der Waals surface area contributed by atoms with Crippen molar-refractivity contribution in [3.63, 3.8) is 0 Å². The molecule has 0 aliphatic carbocycles. The van der Waals surface area contributed by atoms with Crippen molar-refractivity contribution in [2.24, 2.45) is 0 Å². The number of halogens is 1. The van der Waals surface area contributed by atoms with Crippen molar-refractivity contribution in [1.82, 2.24) is 10.2 Å². The summed E-state index contributed by atoms with van der Waals surface area (Å²) in [5.74, 6) is 0. The van der Waals surface area contributed by atoms with Gasteiger partial charge in [0.25, 0.3) is 0 Å². The van der Waals surface area contributed by atoms with Crippen LogP contribution in [0.15, 0.2) is 28.7 Å². The summed E-state index contributed by atoms with van der Waals surface area (Å²) in [6, 6.07) is 8.43. The molecule has 0 aliphatic rings. The van der Waals surface area contributed by atoms with Gasteiger partial charge in [0.15, 0.2) is 0 Å². The largest absolute Gasteiger partial charge is 0.311 e. The number of benzene rings is 1. The fourth-order valence-electron chi connectivity index (χ4n) is 1.66. The lowest BCUT2D eigenvalue weighted by Crippen LogP contribution is -2.31. The number of hydrogen-bond donors (Lipinski definition) is 1. The Bertz CT molecular complexity index is 298. The molecular formula is C13H21BrN2. The lowest BCUT2D eigenvalue weighted by Gasteiger charge is -2.18. The average Bonchev–Trinajstić information content (AvgIpc) is 2.29. The molecule has 1 aromatic carbocycles. The van der Waals surface area contributed by atoms with Gasteiger partial charge in [-0.3, -0.25) is 0 Å². The first-order valence-electron chi connectivity index (χ1n) is 5.93. The molecule has 0 saturated carbocycles. The van der Waals surface area contributed by atoms with E-state index in [-0.39, 0.29) is 0 Å². The van der Waals surface area contributed by atoms with E-state index in [9.17, 15) is 0 Å². The highest BCUT2D eigenvalue weighted by atomic mass is 79.9. The number of nitrogens with one attached hydrogen (secondary N) is 1. The van der Waals surface area contributed by atoms with E-state index >= 15 is 0 Å². The van der Waals surface area contributed by atoms with E-state index in [1.807, 2.05) is 0 Å². The second kappa shape index (κ2) is 7.82. The van der Waals surface area contributed by atoms with Crippen LogP contribution in [0.25, 0.3) is 0 Å². The van der Waals surface area contributed by atoms with Crippen molar-refractivity contribution in [2.75, 3.05) is 26.2 Å². The number of rotatable bonds is 7. The Labute approximate surface area is 107 Å². The van der Waals surface area contributed by atoms with Gasteiger partial charge in [0.05, 0.1) is 0 Å². The lowest BCUT2D eigenvalue weighted by atomic mass is 10.2. The van der Waals surface area contributed by atoms with Crippen LogP contribution in [0, 0.1) is 0 Å². The van der Waals surface area contributed by atoms with E-state index in [0.29, 0.717) is 0 Å². The molecule has 3 heteroatoms. The maximum Gasteiger partial charge on any atom is 0.0206 e. The standard InChI is InChI=1S/C13H21BrN2/c1-3-16(4-2)9-8-15-11-12-6-5-7-13(14)10-12/h5-7,10,15H,3-4,8-9,11H2,1-2H3. The van der Waals surface area contributed by atoms with Crippen molar-refractivity contribution in [3.05, 3.63) is 34.3 Å². The Hall–Kier alpha value is -0.380. The quantitative estimate of drug-likeness (QED) is 0.775. The topological polar surface area (TPSA) is 15.3 Å². The minimum absolute atomic E-state index is 0.945. The molecule has 1 aromatic rings. The highest BCUT2D eigenvalue weighted by Crippen LogP contribution is 2.11. The molecule has 90 valence electrons. The average molecular weight is 285 g/mol. The first-order valence-corrected chi connectivity index (χ1v) is 6.73. The summed E-state index contributed by atoms with van der Waals surface area (Å²) in [6.07, 6.45) is 0. The van der Waals surface area contributed by atoms with Gasteiger partial charge in [-0.15, -0.1) is 0 Å². The van der Waals surface area contributed by atoms with E-state index in [1.165, 1.54) is 5.56 Å². The lowest BCUT2D eigenvalue weighted by molar-refractivity contribution is 0.302. The van der Waals surface area contributed by atoms with Crippen LogP contribution < -0.4 is 5.32 Å². The van der Waals surface area contributed by atoms with Gasteiger partial charge in [-0.25, -0.2) is 0 Å². The summed E-state index contributed by atoms with van der Waals surface area (Å²) >= 11 is 3.48. The zero-order chi connectivity index (χ0) is 11.8. The van der Waals surface area contributed by atoms with Crippen molar-refractivity contribution in [2.45, 2.75) is 20.4 Å². The molecule has 0 bridgehead atoms. The summed E-state index contributed by atoms with van der Waals surface area (Å²) in [5.41, 5.74) is 1.33. The van der Waals surface area contributed by atoms with Gasteiger partial charge in [0.2, 0.25) is 0 Å². The third kappa shape index (κ3) is 5.10. The molecule has 0 radical (unpaired) electrons. The highest BCUT2D eigenvalue weighted by molar-refractivity contribution is 9.10. The van der Waals surface area contributed by atoms with Gasteiger partial charge in [0, 0.05) is 24.1 Å². The first kappa shape index (κ1) is 13.7. The Morgan fingerprint density at radius 3 is 2.62 bits per heavy atom. The van der Waals surface area contributed by atoms with Crippen LogP contribution in [0.2, 0.25) is 0 Å². The second-order valence-electron chi connectivity index (χ2n) is 3.83. The summed E-state index contributed by atoms with van der Waals surface area (Å²) in [4.78, 5) is 2.42. The van der Waals surface area contributed by atoms with E-state index < -0.39 is 0 Å². The Balaban J connectivity index is 2.20. The van der Waals surface area contributed by atoms with Gasteiger partial charge < -0.3 is 10.2 Å². The molecule has 0 unspecified atom stereocenters. The van der Waals surface area contributed by atoms with E-state index in [0.717, 1.165) is 37.2 Å². The second-order valence-corrected chi connectivity index (χ2v) is 4.75. The third-order valence-corrected chi connectivity index (χ3v) is 3.21. The molecule has 0 heterocycles. The van der Waals surface area contributed by atoms with Gasteiger partial charge in [-0.2, -0.15) is 0 Å². The summed E-state index contributed by atoms with van der Waals surface area (Å²) < 4.78 is 1.15. The molecule has 16 heavy (non-hydrogen) atoms. The zero-order valence-electron chi connectivity index (χ0n) is 10.2. The molecule has 0 aromatic heterocycles. The number of likely N-dealkylation sites (N-methyl/N-ethyl adjacent to an activating group) is 1. The smallest absolute Gasteiger partial charge is 0.0206 e. The van der Waals surface area contributed by atoms with Crippen LogP contribution >= 0.6 is 15.9 Å². The molecule has 1 rings (SSSR count). The SMILES string of the molecule is CCN(CC)CCNCc1cccc(Br)c1. The summed E-state index contributed by atoms with van der Waals surface area (Å²) in [7, 11) is 0. The fourth-order valence-corrected chi connectivity index (χ4v) is 2.10. The Morgan fingerprint density at radius 2 is 2.00 bits per heavy atom. The van der Waals surface area contributed by atoms with Gasteiger partial charge in [-0.05, 0) is 30.8 Å². The van der Waals surface area contributed by atoms with Crippen molar-refractivity contribution in [1.29, 1.82) is 0 Å². The number of hydrogen-bond acceptors (Lipinski definition) is 2. The molecule has 0 amide bonds. The highest BCUT2D eigenvalue weighted by Gasteiger charge is 1.98. The Kier molecular flexibility index (Phi) is 6.69. The normalized spacial score (nSPS) is 11.0. The van der Waals surface area contributed by atoms with Crippen LogP contribution in [-0.2, 0) is 6.54 Å². The molecule has 0 saturated heterocycles. The van der Waals surface area contributed by atoms with Crippen LogP contribution in [0.3, 0.4) is 0 Å². The Morgan fingerprint density at radius 1 is 1.25 bits per heavy atom. The maximum atomic E-state index is 3.48. The van der Waals surface area contributed by atoms with Crippen LogP contribution in [0.5, 0.6) is 0 Å². The number of nitrogens with zero attached hydrogens (tertiary/aromatic N) is 1. The molecule has 2 nitrogen and oxygen atoms in total.